The lowest BCUT2D eigenvalue weighted by Crippen LogP contribution is -2.37. The molecule has 0 aromatic heterocycles. The van der Waals surface area contributed by atoms with Crippen molar-refractivity contribution >= 4 is 21.6 Å². The summed E-state index contributed by atoms with van der Waals surface area (Å²) < 4.78 is 27.8. The Morgan fingerprint density at radius 1 is 0.733 bits per heavy atom. The number of anilines is 1. The van der Waals surface area contributed by atoms with Crippen molar-refractivity contribution in [3.63, 3.8) is 0 Å². The molecule has 0 atom stereocenters. The first-order chi connectivity index (χ1) is 14.0. The summed E-state index contributed by atoms with van der Waals surface area (Å²) in [5, 5.41) is 0. The first-order valence-electron chi connectivity index (χ1n) is 9.84. The number of rotatable bonds is 4. The Balaban J connectivity index is 2.11. The van der Waals surface area contributed by atoms with E-state index in [0.717, 1.165) is 21.0 Å². The molecule has 5 heteroatoms. The van der Waals surface area contributed by atoms with E-state index in [2.05, 4.69) is 20.8 Å². The molecule has 0 unspecified atom stereocenters. The van der Waals surface area contributed by atoms with Crippen molar-refractivity contribution in [1.82, 2.24) is 0 Å². The average molecular weight is 422 g/mol. The fourth-order valence-electron chi connectivity index (χ4n) is 3.09. The molecule has 156 valence electrons. The zero-order valence-electron chi connectivity index (χ0n) is 18.0. The van der Waals surface area contributed by atoms with E-state index in [4.69, 9.17) is 0 Å². The molecule has 0 bridgehead atoms. The second kappa shape index (κ2) is 8.07. The van der Waals surface area contributed by atoms with Gasteiger partial charge in [0.2, 0.25) is 0 Å². The van der Waals surface area contributed by atoms with Gasteiger partial charge in [0.25, 0.3) is 15.9 Å². The zero-order chi connectivity index (χ0) is 22.1. The first kappa shape index (κ1) is 21.8. The summed E-state index contributed by atoms with van der Waals surface area (Å²) in [4.78, 5) is 13.5. The minimum atomic E-state index is -4.09. The average Bonchev–Trinajstić information content (AvgIpc) is 2.69. The van der Waals surface area contributed by atoms with Gasteiger partial charge in [0.15, 0.2) is 0 Å². The van der Waals surface area contributed by atoms with Gasteiger partial charge in [0, 0.05) is 5.56 Å². The summed E-state index contributed by atoms with van der Waals surface area (Å²) in [5.74, 6) is -0.583. The molecule has 30 heavy (non-hydrogen) atoms. The molecule has 0 saturated carbocycles. The summed E-state index contributed by atoms with van der Waals surface area (Å²) in [5.41, 5.74) is 3.56. The van der Waals surface area contributed by atoms with Crippen LogP contribution >= 0.6 is 0 Å². The molecule has 0 aliphatic carbocycles. The highest BCUT2D eigenvalue weighted by atomic mass is 32.2. The fourth-order valence-corrected chi connectivity index (χ4v) is 4.50. The van der Waals surface area contributed by atoms with Gasteiger partial charge in [0.05, 0.1) is 10.6 Å². The van der Waals surface area contributed by atoms with Crippen LogP contribution in [0.4, 0.5) is 5.69 Å². The Labute approximate surface area is 179 Å². The van der Waals surface area contributed by atoms with Crippen LogP contribution in [-0.2, 0) is 15.4 Å². The summed E-state index contributed by atoms with van der Waals surface area (Å²) in [6.07, 6.45) is 0. The van der Waals surface area contributed by atoms with Gasteiger partial charge >= 0.3 is 0 Å². The second-order valence-electron chi connectivity index (χ2n) is 8.55. The van der Waals surface area contributed by atoms with E-state index in [0.29, 0.717) is 11.3 Å². The van der Waals surface area contributed by atoms with Gasteiger partial charge < -0.3 is 0 Å². The van der Waals surface area contributed by atoms with Gasteiger partial charge in [-0.25, -0.2) is 8.42 Å². The topological polar surface area (TPSA) is 54.5 Å². The highest BCUT2D eigenvalue weighted by Gasteiger charge is 2.32. The summed E-state index contributed by atoms with van der Waals surface area (Å²) in [6, 6.07) is 20.5. The van der Waals surface area contributed by atoms with Crippen molar-refractivity contribution in [3.8, 4) is 0 Å². The molecule has 0 spiro atoms. The molecule has 0 saturated heterocycles. The van der Waals surface area contributed by atoms with Crippen LogP contribution in [0.15, 0.2) is 77.7 Å². The van der Waals surface area contributed by atoms with Gasteiger partial charge in [-0.05, 0) is 61.2 Å². The summed E-state index contributed by atoms with van der Waals surface area (Å²) in [7, 11) is -4.09. The molecule has 0 aliphatic rings. The quantitative estimate of drug-likeness (QED) is 0.548. The monoisotopic (exact) mass is 421 g/mol. The van der Waals surface area contributed by atoms with E-state index in [-0.39, 0.29) is 10.3 Å². The molecular weight excluding hydrogens is 394 g/mol. The number of sulfonamides is 1. The first-order valence-corrected chi connectivity index (χ1v) is 11.3. The van der Waals surface area contributed by atoms with Crippen molar-refractivity contribution < 1.29 is 13.2 Å². The third-order valence-electron chi connectivity index (χ3n) is 5.01. The maximum Gasteiger partial charge on any atom is 0.272 e. The molecule has 0 fully saturated rings. The Bertz CT molecular complexity index is 1140. The largest absolute Gasteiger partial charge is 0.272 e. The fraction of sp³-hybridized carbons (Fsp3) is 0.240. The van der Waals surface area contributed by atoms with Gasteiger partial charge in [-0.2, -0.15) is 4.31 Å². The number of carbonyl (C=O) groups is 1. The smallest absolute Gasteiger partial charge is 0.268 e. The molecule has 0 aliphatic heterocycles. The van der Waals surface area contributed by atoms with Gasteiger partial charge in [-0.3, -0.25) is 4.79 Å². The van der Waals surface area contributed by atoms with Crippen molar-refractivity contribution in [1.29, 1.82) is 0 Å². The number of hydrogen-bond acceptors (Lipinski definition) is 3. The number of nitrogens with zero attached hydrogens (tertiary/aromatic N) is 1. The number of amides is 1. The molecular formula is C25H27NO3S. The number of benzene rings is 3. The highest BCUT2D eigenvalue weighted by Crippen LogP contribution is 2.28. The molecule has 0 radical (unpaired) electrons. The van der Waals surface area contributed by atoms with E-state index in [9.17, 15) is 13.2 Å². The normalized spacial score (nSPS) is 11.9. The SMILES string of the molecule is Cc1ccc(N(C(=O)c2ccc(C(C)(C)C)cc2)S(=O)(=O)c2ccc(C)cc2)cc1. The zero-order valence-corrected chi connectivity index (χ0v) is 18.8. The Morgan fingerprint density at radius 2 is 1.20 bits per heavy atom. The Morgan fingerprint density at radius 3 is 1.67 bits per heavy atom. The number of hydrogen-bond donors (Lipinski definition) is 0. The van der Waals surface area contributed by atoms with Crippen LogP contribution in [0.25, 0.3) is 0 Å². The molecule has 0 heterocycles. The van der Waals surface area contributed by atoms with E-state index in [1.165, 1.54) is 12.1 Å². The predicted octanol–water partition coefficient (Wildman–Crippen LogP) is 5.64. The number of aryl methyl sites for hydroxylation is 2. The minimum Gasteiger partial charge on any atom is -0.268 e. The van der Waals surface area contributed by atoms with E-state index in [1.807, 2.05) is 26.0 Å². The third kappa shape index (κ3) is 4.46. The van der Waals surface area contributed by atoms with Crippen molar-refractivity contribution in [2.75, 3.05) is 4.31 Å². The van der Waals surface area contributed by atoms with E-state index >= 15 is 0 Å². The Kier molecular flexibility index (Phi) is 5.86. The maximum atomic E-state index is 13.5. The van der Waals surface area contributed by atoms with Crippen LogP contribution in [0.3, 0.4) is 0 Å². The minimum absolute atomic E-state index is 0.0633. The molecule has 3 aromatic carbocycles. The van der Waals surface area contributed by atoms with Crippen LogP contribution in [0.1, 0.15) is 47.8 Å². The van der Waals surface area contributed by atoms with Crippen LogP contribution in [0.5, 0.6) is 0 Å². The molecule has 3 aromatic rings. The molecule has 4 nitrogen and oxygen atoms in total. The molecule has 3 rings (SSSR count). The van der Waals surface area contributed by atoms with Crippen molar-refractivity contribution in [3.05, 3.63) is 95.1 Å². The van der Waals surface area contributed by atoms with Crippen LogP contribution < -0.4 is 4.31 Å². The van der Waals surface area contributed by atoms with Crippen LogP contribution in [0, 0.1) is 13.8 Å². The maximum absolute atomic E-state index is 13.5. The lowest BCUT2D eigenvalue weighted by Gasteiger charge is -2.24. The summed E-state index contributed by atoms with van der Waals surface area (Å²) in [6.45, 7) is 10.1. The van der Waals surface area contributed by atoms with Crippen LogP contribution in [-0.4, -0.2) is 14.3 Å². The van der Waals surface area contributed by atoms with Gasteiger partial charge in [0.1, 0.15) is 0 Å². The highest BCUT2D eigenvalue weighted by molar-refractivity contribution is 7.93. The van der Waals surface area contributed by atoms with Gasteiger partial charge in [-0.15, -0.1) is 0 Å². The predicted molar refractivity (Wildman–Crippen MR) is 121 cm³/mol. The van der Waals surface area contributed by atoms with E-state index in [1.54, 1.807) is 48.5 Å². The second-order valence-corrected chi connectivity index (χ2v) is 10.3. The van der Waals surface area contributed by atoms with E-state index < -0.39 is 15.9 Å². The van der Waals surface area contributed by atoms with Crippen molar-refractivity contribution in [2.45, 2.75) is 44.9 Å². The Hall–Kier alpha value is -2.92. The van der Waals surface area contributed by atoms with Crippen molar-refractivity contribution in [2.24, 2.45) is 0 Å². The van der Waals surface area contributed by atoms with Gasteiger partial charge in [-0.1, -0.05) is 68.3 Å². The van der Waals surface area contributed by atoms with Crippen LogP contribution in [0.2, 0.25) is 0 Å². The standard InChI is InChI=1S/C25H27NO3S/c1-18-6-14-22(15-7-18)26(30(28,29)23-16-8-19(2)9-17-23)24(27)20-10-12-21(13-11-20)25(3,4)5/h6-17H,1-5H3. The molecule has 0 N–H and O–H groups in total. The molecule has 1 amide bonds. The summed E-state index contributed by atoms with van der Waals surface area (Å²) >= 11 is 0. The third-order valence-corrected chi connectivity index (χ3v) is 6.74. The number of carbonyl (C=O) groups excluding carboxylic acids is 1. The lowest BCUT2D eigenvalue weighted by molar-refractivity contribution is 0.101. The lowest BCUT2D eigenvalue weighted by atomic mass is 9.87.